The predicted octanol–water partition coefficient (Wildman–Crippen LogP) is 7.94. The summed E-state index contributed by atoms with van der Waals surface area (Å²) < 4.78 is 27.3. The molecule has 1 spiro atoms. The number of aromatic carboxylic acids is 1. The lowest BCUT2D eigenvalue weighted by Crippen LogP contribution is -2.44. The molecule has 40 heavy (non-hydrogen) atoms. The number of thiazole rings is 1. The molecule has 4 aromatic rings. The second-order valence-corrected chi connectivity index (χ2v) is 13.2. The number of anilines is 1. The molecule has 0 radical (unpaired) electrons. The third kappa shape index (κ3) is 4.47. The van der Waals surface area contributed by atoms with Gasteiger partial charge in [-0.1, -0.05) is 45.8 Å². The monoisotopic (exact) mass is 601 g/mol. The molecule has 1 aliphatic heterocycles. The van der Waals surface area contributed by atoms with Crippen LogP contribution in [0.3, 0.4) is 0 Å². The molecule has 0 unspecified atom stereocenters. The molecule has 208 valence electrons. The lowest BCUT2D eigenvalue weighted by Gasteiger charge is -2.44. The third-order valence-corrected chi connectivity index (χ3v) is 10.1. The Balaban J connectivity index is 1.05. The largest absolute Gasteiger partial charge is 0.478 e. The number of carboxylic acids is 1. The Kier molecular flexibility index (Phi) is 6.34. The average Bonchev–Trinajstić information content (AvgIpc) is 3.34. The van der Waals surface area contributed by atoms with Crippen molar-refractivity contribution in [2.45, 2.75) is 63.7 Å². The first-order valence-corrected chi connectivity index (χ1v) is 14.9. The van der Waals surface area contributed by atoms with Crippen LogP contribution in [0.4, 0.5) is 9.52 Å². The summed E-state index contributed by atoms with van der Waals surface area (Å²) in [5, 5.41) is 15.4. The van der Waals surface area contributed by atoms with E-state index in [9.17, 15) is 14.3 Å². The molecule has 2 aromatic heterocycles. The van der Waals surface area contributed by atoms with E-state index in [0.29, 0.717) is 38.5 Å². The number of nitrogens with zero attached hydrogens (tertiary/aromatic N) is 3. The minimum atomic E-state index is -1.15. The summed E-state index contributed by atoms with van der Waals surface area (Å²) in [6.07, 6.45) is 5.09. The number of benzene rings is 2. The van der Waals surface area contributed by atoms with Gasteiger partial charge in [0.2, 0.25) is 0 Å². The average molecular weight is 603 g/mol. The van der Waals surface area contributed by atoms with Gasteiger partial charge in [-0.05, 0) is 68.7 Å². The highest BCUT2D eigenvalue weighted by Gasteiger charge is 2.52. The van der Waals surface area contributed by atoms with Gasteiger partial charge in [-0.25, -0.2) is 14.2 Å². The molecule has 2 aromatic carbocycles. The Morgan fingerprint density at radius 3 is 2.70 bits per heavy atom. The SMILES string of the molecule is C[C@@H]1CC2(CC(OCc3c(-c4c(Cl)cccc4Cl)noc3C3CC3)C2)CN1c1nc2c(F)cc(C(=O)O)cc2s1. The van der Waals surface area contributed by atoms with E-state index in [1.807, 2.05) is 6.07 Å². The quantitative estimate of drug-likeness (QED) is 0.230. The van der Waals surface area contributed by atoms with Gasteiger partial charge in [0.05, 0.1) is 33.0 Å². The van der Waals surface area contributed by atoms with Gasteiger partial charge in [-0.15, -0.1) is 0 Å². The van der Waals surface area contributed by atoms with E-state index in [-0.39, 0.29) is 28.6 Å². The number of aromatic nitrogens is 2. The van der Waals surface area contributed by atoms with Crippen LogP contribution in [-0.4, -0.2) is 39.9 Å². The zero-order valence-corrected chi connectivity index (χ0v) is 24.0. The fourth-order valence-corrected chi connectivity index (χ4v) is 8.06. The lowest BCUT2D eigenvalue weighted by molar-refractivity contribution is -0.0805. The minimum absolute atomic E-state index is 0.0669. The topological polar surface area (TPSA) is 88.7 Å². The maximum atomic E-state index is 14.6. The highest BCUT2D eigenvalue weighted by Crippen LogP contribution is 2.54. The number of halogens is 3. The minimum Gasteiger partial charge on any atom is -0.478 e. The van der Waals surface area contributed by atoms with E-state index in [0.717, 1.165) is 61.2 Å². The molecule has 7 rings (SSSR count). The first kappa shape index (κ1) is 26.2. The fourth-order valence-electron chi connectivity index (χ4n) is 6.37. The Morgan fingerprint density at radius 2 is 2.00 bits per heavy atom. The molecule has 7 nitrogen and oxygen atoms in total. The molecule has 2 saturated carbocycles. The molecule has 3 heterocycles. The van der Waals surface area contributed by atoms with Crippen LogP contribution in [0.1, 0.15) is 66.6 Å². The molecule has 1 saturated heterocycles. The van der Waals surface area contributed by atoms with Crippen molar-refractivity contribution in [1.29, 1.82) is 0 Å². The van der Waals surface area contributed by atoms with Crippen molar-refractivity contribution in [1.82, 2.24) is 10.1 Å². The van der Waals surface area contributed by atoms with Gasteiger partial charge < -0.3 is 19.3 Å². The molecule has 1 atom stereocenters. The van der Waals surface area contributed by atoms with Crippen molar-refractivity contribution in [2.24, 2.45) is 5.41 Å². The van der Waals surface area contributed by atoms with E-state index in [1.54, 1.807) is 12.1 Å². The number of hydrogen-bond donors (Lipinski definition) is 1. The van der Waals surface area contributed by atoms with Gasteiger partial charge in [0.15, 0.2) is 10.9 Å². The van der Waals surface area contributed by atoms with Gasteiger partial charge in [-0.2, -0.15) is 0 Å². The first-order valence-electron chi connectivity index (χ1n) is 13.4. The highest BCUT2D eigenvalue weighted by molar-refractivity contribution is 7.22. The van der Waals surface area contributed by atoms with Crippen LogP contribution >= 0.6 is 34.5 Å². The number of hydrogen-bond acceptors (Lipinski definition) is 7. The molecule has 1 N–H and O–H groups in total. The molecule has 0 bridgehead atoms. The van der Waals surface area contributed by atoms with Crippen LogP contribution in [0.15, 0.2) is 34.9 Å². The van der Waals surface area contributed by atoms with E-state index >= 15 is 0 Å². The first-order chi connectivity index (χ1) is 19.2. The van der Waals surface area contributed by atoms with E-state index in [1.165, 1.54) is 17.4 Å². The van der Waals surface area contributed by atoms with Crippen LogP contribution in [0.5, 0.6) is 0 Å². The smallest absolute Gasteiger partial charge is 0.335 e. The summed E-state index contributed by atoms with van der Waals surface area (Å²) in [6.45, 7) is 3.35. The van der Waals surface area contributed by atoms with E-state index < -0.39 is 11.8 Å². The molecule has 3 aliphatic rings. The zero-order chi connectivity index (χ0) is 27.8. The fraction of sp³-hybridized carbons (Fsp3) is 0.414. The Hall–Kier alpha value is -2.72. The summed E-state index contributed by atoms with van der Waals surface area (Å²) in [6, 6.07) is 8.17. The molecule has 2 aliphatic carbocycles. The van der Waals surface area contributed by atoms with Gasteiger partial charge in [0.25, 0.3) is 0 Å². The third-order valence-electron chi connectivity index (χ3n) is 8.45. The summed E-state index contributed by atoms with van der Waals surface area (Å²) in [5.41, 5.74) is 2.52. The maximum absolute atomic E-state index is 14.6. The molecule has 3 fully saturated rings. The number of fused-ring (bicyclic) bond motifs is 1. The predicted molar refractivity (Wildman–Crippen MR) is 152 cm³/mol. The van der Waals surface area contributed by atoms with Crippen molar-refractivity contribution >= 4 is 55.9 Å². The lowest BCUT2D eigenvalue weighted by atomic mass is 9.65. The highest BCUT2D eigenvalue weighted by atomic mass is 35.5. The Labute approximate surface area is 243 Å². The van der Waals surface area contributed by atoms with Crippen molar-refractivity contribution in [3.05, 3.63) is 63.1 Å². The summed E-state index contributed by atoms with van der Waals surface area (Å²) in [5.74, 6) is -0.520. The number of rotatable bonds is 7. The van der Waals surface area contributed by atoms with Gasteiger partial charge >= 0.3 is 5.97 Å². The number of carboxylic acid groups (broad SMARTS) is 1. The van der Waals surface area contributed by atoms with Crippen molar-refractivity contribution < 1.29 is 23.6 Å². The van der Waals surface area contributed by atoms with Crippen molar-refractivity contribution in [3.63, 3.8) is 0 Å². The molecular weight excluding hydrogens is 576 g/mol. The summed E-state index contributed by atoms with van der Waals surface area (Å²) in [7, 11) is 0. The van der Waals surface area contributed by atoms with Crippen LogP contribution in [0, 0.1) is 11.2 Å². The van der Waals surface area contributed by atoms with Crippen LogP contribution < -0.4 is 4.90 Å². The normalized spacial score (nSPS) is 24.2. The molecule has 11 heteroatoms. The van der Waals surface area contributed by atoms with Crippen molar-refractivity contribution in [2.75, 3.05) is 11.4 Å². The van der Waals surface area contributed by atoms with Crippen LogP contribution in [0.2, 0.25) is 10.0 Å². The van der Waals surface area contributed by atoms with Crippen LogP contribution in [0.25, 0.3) is 21.5 Å². The summed E-state index contributed by atoms with van der Waals surface area (Å²) in [4.78, 5) is 18.1. The van der Waals surface area contributed by atoms with E-state index in [4.69, 9.17) is 32.5 Å². The maximum Gasteiger partial charge on any atom is 0.335 e. The molecule has 0 amide bonds. The second kappa shape index (κ2) is 9.69. The van der Waals surface area contributed by atoms with E-state index in [2.05, 4.69) is 22.0 Å². The second-order valence-electron chi connectivity index (χ2n) is 11.4. The number of ether oxygens (including phenoxy) is 1. The Morgan fingerprint density at radius 1 is 1.25 bits per heavy atom. The Bertz CT molecular complexity index is 1630. The standard InChI is InChI=1S/C29H26Cl2FN3O4S/c1-14-9-29(13-35(14)28-33-25-21(32)7-16(27(36)37)8-22(25)40-28)10-17(11-29)38-12-18-24(34-39-26(18)15-5-6-15)23-19(30)3-2-4-20(23)31/h2-4,7-8,14-15,17H,5-6,9-13H2,1H3,(H,36,37)/t14-,17?,29?/m1/s1. The van der Waals surface area contributed by atoms with Gasteiger partial charge in [-0.3, -0.25) is 0 Å². The molecular formula is C29H26Cl2FN3O4S. The summed E-state index contributed by atoms with van der Waals surface area (Å²) >= 11 is 14.3. The van der Waals surface area contributed by atoms with Gasteiger partial charge in [0.1, 0.15) is 17.0 Å². The van der Waals surface area contributed by atoms with Crippen molar-refractivity contribution in [3.8, 4) is 11.3 Å². The zero-order valence-electron chi connectivity index (χ0n) is 21.6. The van der Waals surface area contributed by atoms with Crippen LogP contribution in [-0.2, 0) is 11.3 Å². The number of carbonyl (C=O) groups is 1. The van der Waals surface area contributed by atoms with Gasteiger partial charge in [0, 0.05) is 29.6 Å².